The van der Waals surface area contributed by atoms with Crippen LogP contribution in [0.15, 0.2) is 60.7 Å². The molecule has 0 saturated heterocycles. The quantitative estimate of drug-likeness (QED) is 0.301. The topological polar surface area (TPSA) is 38.7 Å². The summed E-state index contributed by atoms with van der Waals surface area (Å²) in [4.78, 5) is 0.198. The summed E-state index contributed by atoms with van der Waals surface area (Å²) in [6.45, 7) is 14.7. The van der Waals surface area contributed by atoms with Crippen LogP contribution in [0.5, 0.6) is 0 Å². The van der Waals surface area contributed by atoms with Crippen molar-refractivity contribution in [3.05, 3.63) is 66.2 Å². The van der Waals surface area contributed by atoms with E-state index in [0.29, 0.717) is 6.61 Å². The Hall–Kier alpha value is -0.944. The zero-order chi connectivity index (χ0) is 22.9. The predicted octanol–water partition coefficient (Wildman–Crippen LogP) is 5.57. The monoisotopic (exact) mass is 508 g/mol. The molecule has 0 aromatic heterocycles. The molecule has 0 spiro atoms. The van der Waals surface area contributed by atoms with Crippen molar-refractivity contribution in [2.24, 2.45) is 0 Å². The van der Waals surface area contributed by atoms with E-state index in [-0.39, 0.29) is 30.9 Å². The summed E-state index contributed by atoms with van der Waals surface area (Å²) in [5.41, 5.74) is 1.13. The predicted molar refractivity (Wildman–Crippen MR) is 135 cm³/mol. The van der Waals surface area contributed by atoms with Gasteiger partial charge in [-0.15, -0.1) is 0 Å². The molecule has 0 bridgehead atoms. The van der Waals surface area contributed by atoms with Crippen molar-refractivity contribution in [2.75, 3.05) is 6.61 Å². The second-order valence-corrected chi connectivity index (χ2v) is 17.3. The molecule has 2 rings (SSSR count). The van der Waals surface area contributed by atoms with Gasteiger partial charge in [-0.05, 0) is 0 Å². The molecule has 2 aromatic rings. The fourth-order valence-corrected chi connectivity index (χ4v) is 6.84. The van der Waals surface area contributed by atoms with Gasteiger partial charge in [0.05, 0.1) is 0 Å². The van der Waals surface area contributed by atoms with Crippen LogP contribution in [0.3, 0.4) is 0 Å². The summed E-state index contributed by atoms with van der Waals surface area (Å²) >= 11 is 0.183. The van der Waals surface area contributed by atoms with E-state index in [2.05, 4.69) is 70.3 Å². The second kappa shape index (κ2) is 12.3. The Kier molecular flexibility index (Phi) is 10.5. The van der Waals surface area contributed by atoms with E-state index in [1.54, 1.807) is 0 Å². The first-order chi connectivity index (χ1) is 14.6. The van der Waals surface area contributed by atoms with E-state index < -0.39 is 14.4 Å². The molecule has 2 aromatic carbocycles. The number of hydrogen-bond donors (Lipinski definition) is 1. The van der Waals surface area contributed by atoms with E-state index in [4.69, 9.17) is 9.16 Å². The Balaban J connectivity index is 1.95. The molecule has 3 atom stereocenters. The summed E-state index contributed by atoms with van der Waals surface area (Å²) in [5.74, 6) is 0. The first kappa shape index (κ1) is 26.3. The summed E-state index contributed by atoms with van der Waals surface area (Å²) in [7, 11) is -1.73. The van der Waals surface area contributed by atoms with Gasteiger partial charge in [0.25, 0.3) is 0 Å². The summed E-state index contributed by atoms with van der Waals surface area (Å²) in [6, 6.07) is 20.7. The molecule has 5 heteroatoms. The molecule has 0 aliphatic rings. The Morgan fingerprint density at radius 3 is 2.13 bits per heavy atom. The van der Waals surface area contributed by atoms with Crippen LogP contribution in [0.25, 0.3) is 0 Å². The number of ether oxygens (including phenoxy) is 1. The Bertz CT molecular complexity index is 746. The van der Waals surface area contributed by atoms with Crippen LogP contribution in [-0.4, -0.2) is 47.2 Å². The van der Waals surface area contributed by atoms with Crippen LogP contribution in [0.4, 0.5) is 0 Å². The molecule has 0 saturated carbocycles. The van der Waals surface area contributed by atoms with Crippen LogP contribution in [0.1, 0.15) is 46.1 Å². The van der Waals surface area contributed by atoms with Gasteiger partial charge in [0.1, 0.15) is 0 Å². The SMILES string of the molecule is C[C@H](OCc1ccccc1)[C@@H](O)[C@@H](CCCO[Si](C)(C)C(C)(C)C)[Se]c1ccccc1. The molecule has 0 radical (unpaired) electrons. The van der Waals surface area contributed by atoms with Crippen molar-refractivity contribution in [3.63, 3.8) is 0 Å². The maximum absolute atomic E-state index is 11.2. The fourth-order valence-electron chi connectivity index (χ4n) is 3.00. The van der Waals surface area contributed by atoms with Gasteiger partial charge in [-0.2, -0.15) is 0 Å². The van der Waals surface area contributed by atoms with Crippen molar-refractivity contribution in [2.45, 2.75) is 82.3 Å². The van der Waals surface area contributed by atoms with Gasteiger partial charge >= 0.3 is 197 Å². The summed E-state index contributed by atoms with van der Waals surface area (Å²) in [6.07, 6.45) is 1.21. The Morgan fingerprint density at radius 2 is 1.55 bits per heavy atom. The molecule has 172 valence electrons. The minimum atomic E-state index is -1.73. The molecule has 0 aliphatic heterocycles. The maximum atomic E-state index is 11.2. The average molecular weight is 508 g/mol. The van der Waals surface area contributed by atoms with Crippen LogP contribution in [-0.2, 0) is 15.8 Å². The van der Waals surface area contributed by atoms with Crippen LogP contribution < -0.4 is 4.46 Å². The van der Waals surface area contributed by atoms with Crippen molar-refractivity contribution in [1.29, 1.82) is 0 Å². The molecule has 0 unspecified atom stereocenters. The second-order valence-electron chi connectivity index (χ2n) is 9.71. The third-order valence-electron chi connectivity index (χ3n) is 6.15. The number of aliphatic hydroxyl groups is 1. The van der Waals surface area contributed by atoms with Crippen LogP contribution >= 0.6 is 0 Å². The molecule has 31 heavy (non-hydrogen) atoms. The van der Waals surface area contributed by atoms with Gasteiger partial charge in [0.15, 0.2) is 0 Å². The number of aliphatic hydroxyl groups excluding tert-OH is 1. The zero-order valence-electron chi connectivity index (χ0n) is 20.0. The van der Waals surface area contributed by atoms with Crippen molar-refractivity contribution >= 4 is 27.7 Å². The molecule has 0 aliphatic carbocycles. The molecular weight excluding hydrogens is 467 g/mol. The van der Waals surface area contributed by atoms with E-state index in [1.807, 2.05) is 31.2 Å². The summed E-state index contributed by atoms with van der Waals surface area (Å²) < 4.78 is 13.7. The zero-order valence-corrected chi connectivity index (χ0v) is 22.7. The molecule has 0 amide bonds. The van der Waals surface area contributed by atoms with E-state index in [0.717, 1.165) is 25.0 Å². The van der Waals surface area contributed by atoms with Crippen LogP contribution in [0, 0.1) is 0 Å². The number of benzene rings is 2. The third kappa shape index (κ3) is 8.84. The molecular formula is C26H40O3SeSi. The summed E-state index contributed by atoms with van der Waals surface area (Å²) in [5, 5.41) is 11.4. The van der Waals surface area contributed by atoms with Crippen molar-refractivity contribution in [3.8, 4) is 0 Å². The van der Waals surface area contributed by atoms with Crippen molar-refractivity contribution < 1.29 is 14.3 Å². The average Bonchev–Trinajstić information content (AvgIpc) is 2.74. The number of hydrogen-bond acceptors (Lipinski definition) is 3. The van der Waals surface area contributed by atoms with E-state index in [1.165, 1.54) is 4.46 Å². The Labute approximate surface area is 196 Å². The van der Waals surface area contributed by atoms with Crippen molar-refractivity contribution in [1.82, 2.24) is 0 Å². The molecule has 0 fully saturated rings. The van der Waals surface area contributed by atoms with Gasteiger partial charge in [-0.3, -0.25) is 0 Å². The first-order valence-corrected chi connectivity index (χ1v) is 16.0. The van der Waals surface area contributed by atoms with Gasteiger partial charge in [0, 0.05) is 0 Å². The minimum absolute atomic E-state index is 0.183. The van der Waals surface area contributed by atoms with E-state index in [9.17, 15) is 5.11 Å². The first-order valence-electron chi connectivity index (χ1n) is 11.3. The normalized spacial score (nSPS) is 15.5. The van der Waals surface area contributed by atoms with Gasteiger partial charge < -0.3 is 0 Å². The standard InChI is InChI=1S/C26H40O3SeSi/c1-21(28-20-22-14-9-7-10-15-22)25(27)24(30-23-16-11-8-12-17-23)18-13-19-29-31(5,6)26(2,3)4/h7-12,14-17,21,24-25,27H,13,18-20H2,1-6H3/t21-,24+,25+/m0/s1. The molecule has 0 heterocycles. The molecule has 1 N–H and O–H groups in total. The van der Waals surface area contributed by atoms with Gasteiger partial charge in [0.2, 0.25) is 0 Å². The van der Waals surface area contributed by atoms with Gasteiger partial charge in [-0.1, -0.05) is 0 Å². The molecule has 3 nitrogen and oxygen atoms in total. The van der Waals surface area contributed by atoms with Gasteiger partial charge in [-0.25, -0.2) is 0 Å². The van der Waals surface area contributed by atoms with Crippen LogP contribution in [0.2, 0.25) is 22.9 Å². The number of rotatable bonds is 12. The fraction of sp³-hybridized carbons (Fsp3) is 0.538. The Morgan fingerprint density at radius 1 is 0.968 bits per heavy atom. The third-order valence-corrected chi connectivity index (χ3v) is 13.5. The van der Waals surface area contributed by atoms with E-state index >= 15 is 0 Å².